The molecule has 7 heteroatoms. The lowest BCUT2D eigenvalue weighted by Gasteiger charge is -2.26. The Morgan fingerprint density at radius 3 is 2.54 bits per heavy atom. The Kier molecular flexibility index (Phi) is 8.51. The van der Waals surface area contributed by atoms with Crippen LogP contribution in [0.4, 0.5) is 0 Å². The van der Waals surface area contributed by atoms with Crippen molar-refractivity contribution < 1.29 is 17.9 Å². The average molecular weight is 409 g/mol. The minimum Gasteiger partial charge on any atom is -0.495 e. The van der Waals surface area contributed by atoms with Crippen LogP contribution in [0.2, 0.25) is 0 Å². The van der Waals surface area contributed by atoms with Crippen molar-refractivity contribution in [2.24, 2.45) is 0 Å². The molecule has 1 fully saturated rings. The van der Waals surface area contributed by atoms with Gasteiger partial charge in [-0.1, -0.05) is 25.8 Å². The number of nitrogens with zero attached hydrogens (tertiary/aromatic N) is 2. The van der Waals surface area contributed by atoms with E-state index in [9.17, 15) is 13.2 Å². The number of rotatable bonds is 9. The van der Waals surface area contributed by atoms with Crippen LogP contribution < -0.4 is 4.74 Å². The van der Waals surface area contributed by atoms with E-state index in [0.29, 0.717) is 30.9 Å². The minimum atomic E-state index is -3.62. The first kappa shape index (κ1) is 22.4. The topological polar surface area (TPSA) is 66.9 Å². The van der Waals surface area contributed by atoms with Gasteiger partial charge in [-0.25, -0.2) is 8.42 Å². The van der Waals surface area contributed by atoms with E-state index >= 15 is 0 Å². The van der Waals surface area contributed by atoms with E-state index in [2.05, 4.69) is 6.92 Å². The van der Waals surface area contributed by atoms with Crippen LogP contribution >= 0.6 is 0 Å². The van der Waals surface area contributed by atoms with Gasteiger partial charge in [-0.3, -0.25) is 4.79 Å². The molecule has 0 aromatic heterocycles. The predicted octanol–water partition coefficient (Wildman–Crippen LogP) is 3.53. The van der Waals surface area contributed by atoms with Crippen LogP contribution in [0.1, 0.15) is 51.5 Å². The van der Waals surface area contributed by atoms with Gasteiger partial charge in [0.15, 0.2) is 0 Å². The van der Waals surface area contributed by atoms with Gasteiger partial charge < -0.3 is 9.64 Å². The molecule has 2 rings (SSSR count). The maximum Gasteiger partial charge on any atom is 0.246 e. The van der Waals surface area contributed by atoms with Crippen LogP contribution in [0.15, 0.2) is 29.2 Å². The van der Waals surface area contributed by atoms with Crippen molar-refractivity contribution in [2.45, 2.75) is 50.8 Å². The molecule has 1 aliphatic rings. The number of methoxy groups -OCH3 is 1. The largest absolute Gasteiger partial charge is 0.495 e. The maximum absolute atomic E-state index is 13.1. The van der Waals surface area contributed by atoms with Gasteiger partial charge in [0.2, 0.25) is 15.9 Å². The predicted molar refractivity (Wildman–Crippen MR) is 112 cm³/mol. The van der Waals surface area contributed by atoms with Gasteiger partial charge >= 0.3 is 0 Å². The number of piperidine rings is 1. The monoisotopic (exact) mass is 408 g/mol. The molecule has 156 valence electrons. The van der Waals surface area contributed by atoms with E-state index in [1.807, 2.05) is 6.92 Å². The fraction of sp³-hybridized carbons (Fsp3) is 0.571. The third-order valence-electron chi connectivity index (χ3n) is 5.01. The summed E-state index contributed by atoms with van der Waals surface area (Å²) < 4.78 is 33.0. The van der Waals surface area contributed by atoms with Gasteiger partial charge in [-0.05, 0) is 50.0 Å². The van der Waals surface area contributed by atoms with Gasteiger partial charge in [0.1, 0.15) is 10.6 Å². The van der Waals surface area contributed by atoms with Gasteiger partial charge in [0, 0.05) is 32.3 Å². The lowest BCUT2D eigenvalue weighted by Crippen LogP contribution is -2.35. The molecule has 0 bridgehead atoms. The smallest absolute Gasteiger partial charge is 0.246 e. The number of sulfonamides is 1. The summed E-state index contributed by atoms with van der Waals surface area (Å²) in [4.78, 5) is 14.3. The second-order valence-electron chi connectivity index (χ2n) is 6.98. The number of ether oxygens (including phenoxy) is 1. The van der Waals surface area contributed by atoms with Crippen LogP contribution in [0.25, 0.3) is 6.08 Å². The average Bonchev–Trinajstić information content (AvgIpc) is 2.73. The molecule has 0 aliphatic carbocycles. The standard InChI is InChI=1S/C21H32N2O4S/c1-4-6-14-22(5-2)21(24)13-11-18-10-12-19(27-3)20(17-18)28(25,26)23-15-8-7-9-16-23/h10-13,17H,4-9,14-16H2,1-3H3. The summed E-state index contributed by atoms with van der Waals surface area (Å²) in [5.74, 6) is 0.263. The molecule has 1 heterocycles. The van der Waals surface area contributed by atoms with E-state index in [-0.39, 0.29) is 10.8 Å². The molecular formula is C21H32N2O4S. The summed E-state index contributed by atoms with van der Waals surface area (Å²) in [5.41, 5.74) is 0.663. The van der Waals surface area contributed by atoms with Crippen LogP contribution in [-0.2, 0) is 14.8 Å². The summed E-state index contributed by atoms with van der Waals surface area (Å²) in [5, 5.41) is 0. The lowest BCUT2D eigenvalue weighted by atomic mass is 10.2. The second-order valence-corrected chi connectivity index (χ2v) is 8.89. The van der Waals surface area contributed by atoms with Crippen molar-refractivity contribution in [3.05, 3.63) is 29.8 Å². The Bertz CT molecular complexity index is 784. The molecule has 6 nitrogen and oxygen atoms in total. The summed E-state index contributed by atoms with van der Waals surface area (Å²) in [6, 6.07) is 5.00. The highest BCUT2D eigenvalue weighted by Gasteiger charge is 2.29. The Labute approximate surface area is 169 Å². The van der Waals surface area contributed by atoms with E-state index in [4.69, 9.17) is 4.74 Å². The Morgan fingerprint density at radius 2 is 1.93 bits per heavy atom. The molecule has 1 aromatic carbocycles. The highest BCUT2D eigenvalue weighted by atomic mass is 32.2. The van der Waals surface area contributed by atoms with Crippen molar-refractivity contribution in [1.29, 1.82) is 0 Å². The minimum absolute atomic E-state index is 0.0628. The zero-order chi connectivity index (χ0) is 20.6. The summed E-state index contributed by atoms with van der Waals surface area (Å²) >= 11 is 0. The molecule has 0 N–H and O–H groups in total. The molecular weight excluding hydrogens is 376 g/mol. The Hall–Kier alpha value is -1.86. The van der Waals surface area contributed by atoms with E-state index < -0.39 is 10.0 Å². The third kappa shape index (κ3) is 5.58. The van der Waals surface area contributed by atoms with Gasteiger partial charge in [0.05, 0.1) is 7.11 Å². The molecule has 0 spiro atoms. The number of hydrogen-bond acceptors (Lipinski definition) is 4. The summed E-state index contributed by atoms with van der Waals surface area (Å²) in [6.45, 7) is 6.50. The molecule has 1 aromatic rings. The van der Waals surface area contributed by atoms with Crippen LogP contribution in [0, 0.1) is 0 Å². The number of amides is 1. The summed E-state index contributed by atoms with van der Waals surface area (Å²) in [7, 11) is -2.15. The highest BCUT2D eigenvalue weighted by Crippen LogP contribution is 2.30. The second kappa shape index (κ2) is 10.6. The number of hydrogen-bond donors (Lipinski definition) is 0. The van der Waals surface area contributed by atoms with Crippen molar-refractivity contribution in [3.8, 4) is 5.75 Å². The number of benzene rings is 1. The van der Waals surface area contributed by atoms with Crippen molar-refractivity contribution in [3.63, 3.8) is 0 Å². The van der Waals surface area contributed by atoms with Crippen LogP contribution in [-0.4, -0.2) is 56.8 Å². The quantitative estimate of drug-likeness (QED) is 0.586. The van der Waals surface area contributed by atoms with Crippen LogP contribution in [0.5, 0.6) is 5.75 Å². The maximum atomic E-state index is 13.1. The first-order chi connectivity index (χ1) is 13.4. The van der Waals surface area contributed by atoms with Gasteiger partial charge in [-0.15, -0.1) is 0 Å². The molecule has 0 saturated carbocycles. The van der Waals surface area contributed by atoms with E-state index in [1.54, 1.807) is 29.2 Å². The van der Waals surface area contributed by atoms with Crippen LogP contribution in [0.3, 0.4) is 0 Å². The zero-order valence-corrected chi connectivity index (χ0v) is 18.0. The van der Waals surface area contributed by atoms with E-state index in [0.717, 1.165) is 38.6 Å². The molecule has 28 heavy (non-hydrogen) atoms. The first-order valence-electron chi connectivity index (χ1n) is 10.1. The van der Waals surface area contributed by atoms with E-state index in [1.165, 1.54) is 17.5 Å². The van der Waals surface area contributed by atoms with Crippen molar-refractivity contribution in [2.75, 3.05) is 33.3 Å². The zero-order valence-electron chi connectivity index (χ0n) is 17.2. The first-order valence-corrected chi connectivity index (χ1v) is 11.5. The highest BCUT2D eigenvalue weighted by molar-refractivity contribution is 7.89. The lowest BCUT2D eigenvalue weighted by molar-refractivity contribution is -0.125. The molecule has 0 radical (unpaired) electrons. The molecule has 1 amide bonds. The Balaban J connectivity index is 2.25. The van der Waals surface area contributed by atoms with Crippen molar-refractivity contribution in [1.82, 2.24) is 9.21 Å². The Morgan fingerprint density at radius 1 is 1.21 bits per heavy atom. The number of carbonyl (C=O) groups is 1. The molecule has 0 unspecified atom stereocenters. The fourth-order valence-electron chi connectivity index (χ4n) is 3.29. The third-order valence-corrected chi connectivity index (χ3v) is 6.93. The molecule has 1 aliphatic heterocycles. The SMILES string of the molecule is CCCCN(CC)C(=O)C=Cc1ccc(OC)c(S(=O)(=O)N2CCCCC2)c1. The summed E-state index contributed by atoms with van der Waals surface area (Å²) in [6.07, 6.45) is 7.99. The number of unbranched alkanes of at least 4 members (excludes halogenated alkanes) is 1. The number of likely N-dealkylation sites (N-methyl/N-ethyl adjacent to an activating group) is 1. The number of carbonyl (C=O) groups excluding carboxylic acids is 1. The normalized spacial score (nSPS) is 15.7. The fourth-order valence-corrected chi connectivity index (χ4v) is 5.00. The van der Waals surface area contributed by atoms with Crippen molar-refractivity contribution >= 4 is 22.0 Å². The molecule has 0 atom stereocenters. The molecule has 1 saturated heterocycles. The van der Waals surface area contributed by atoms with Gasteiger partial charge in [-0.2, -0.15) is 4.31 Å². The van der Waals surface area contributed by atoms with Gasteiger partial charge in [0.25, 0.3) is 0 Å².